The topological polar surface area (TPSA) is 0 Å². The molecular weight excluding hydrogens is 315 g/mol. The fraction of sp³-hybridized carbons (Fsp3) is 0.429. The van der Waals surface area contributed by atoms with E-state index in [0.29, 0.717) is 0 Å². The van der Waals surface area contributed by atoms with E-state index >= 15 is 0 Å². The van der Waals surface area contributed by atoms with Gasteiger partial charge in [-0.3, -0.25) is 0 Å². The number of hydrogen-bond donors (Lipinski definition) is 0. The Morgan fingerprint density at radius 1 is 0.889 bits per heavy atom. The van der Waals surface area contributed by atoms with Gasteiger partial charge in [0, 0.05) is 0 Å². The summed E-state index contributed by atoms with van der Waals surface area (Å²) in [6, 6.07) is 0. The minimum atomic E-state index is -1.07. The number of halogens is 2. The summed E-state index contributed by atoms with van der Waals surface area (Å²) in [6.07, 6.45) is 12.2. The Morgan fingerprint density at radius 2 is 1.28 bits per heavy atom. The molecule has 2 rings (SSSR count). The third-order valence-electron chi connectivity index (χ3n) is 3.23. The predicted molar refractivity (Wildman–Crippen MR) is 70.4 cm³/mol. The van der Waals surface area contributed by atoms with Crippen LogP contribution in [0.2, 0.25) is 13.1 Å². The molecule has 0 spiro atoms. The number of hydrogen-bond acceptors (Lipinski definition) is 0. The molecule has 0 aliphatic heterocycles. The molecule has 0 bridgehead atoms. The molecule has 2 aliphatic carbocycles. The van der Waals surface area contributed by atoms with E-state index in [0.717, 1.165) is 0 Å². The predicted octanol–water partition coefficient (Wildman–Crippen LogP) is -1.67. The molecule has 0 aromatic rings. The Labute approximate surface area is 130 Å². The second-order valence-electron chi connectivity index (χ2n) is 5.02. The van der Waals surface area contributed by atoms with Crippen LogP contribution in [0.3, 0.4) is 0 Å². The third kappa shape index (κ3) is 4.25. The molecule has 0 aromatic carbocycles. The summed E-state index contributed by atoms with van der Waals surface area (Å²) in [6.45, 7) is 9.52. The molecule has 2 aliphatic rings. The maximum absolute atomic E-state index is 2.52. The zero-order chi connectivity index (χ0) is 11.7. The Hall–Kier alpha value is 0.471. The van der Waals surface area contributed by atoms with Crippen molar-refractivity contribution in [2.75, 3.05) is 0 Å². The monoisotopic (exact) mass is 334 g/mol. The van der Waals surface area contributed by atoms with Gasteiger partial charge in [-0.1, -0.05) is 0 Å². The Bertz CT molecular complexity index is 440. The van der Waals surface area contributed by atoms with Crippen molar-refractivity contribution >= 4 is 6.19 Å². The van der Waals surface area contributed by atoms with E-state index in [1.54, 1.807) is 0 Å². The van der Waals surface area contributed by atoms with Crippen molar-refractivity contribution in [3.63, 3.8) is 0 Å². The molecule has 0 fully saturated rings. The van der Waals surface area contributed by atoms with Crippen LogP contribution in [-0.2, 0) is 16.6 Å². The van der Waals surface area contributed by atoms with Gasteiger partial charge in [0.15, 0.2) is 0 Å². The van der Waals surface area contributed by atoms with Crippen molar-refractivity contribution < 1.29 is 41.4 Å². The van der Waals surface area contributed by atoms with Gasteiger partial charge in [-0.2, -0.15) is 0 Å². The molecule has 0 heterocycles. The summed E-state index contributed by atoms with van der Waals surface area (Å²) in [5.41, 5.74) is 2.98. The molecule has 4 heteroatoms. The molecule has 0 atom stereocenters. The second kappa shape index (κ2) is 7.92. The van der Waals surface area contributed by atoms with E-state index in [-0.39, 0.29) is 31.0 Å². The zero-order valence-electron chi connectivity index (χ0n) is 11.5. The average molecular weight is 335 g/mol. The number of allylic oxidation sites excluding steroid dienone is 8. The first-order valence-electron chi connectivity index (χ1n) is 6.01. The smallest absolute Gasteiger partial charge is 1.00 e. The molecular formula is C14H20Cl2SiTi. The molecule has 0 saturated heterocycles. The maximum atomic E-state index is 2.52. The minimum absolute atomic E-state index is 0. The van der Waals surface area contributed by atoms with Crippen LogP contribution in [0.1, 0.15) is 26.7 Å². The fourth-order valence-corrected chi connectivity index (χ4v) is 14.0. The van der Waals surface area contributed by atoms with Crippen molar-refractivity contribution in [3.05, 3.63) is 43.2 Å². The van der Waals surface area contributed by atoms with Crippen molar-refractivity contribution in [1.82, 2.24) is 0 Å². The summed E-state index contributed by atoms with van der Waals surface area (Å²) in [5.74, 6) is 0. The van der Waals surface area contributed by atoms with Crippen molar-refractivity contribution in [3.8, 4) is 0 Å². The molecule has 0 nitrogen and oxygen atoms in total. The van der Waals surface area contributed by atoms with Crippen LogP contribution < -0.4 is 24.8 Å². The first-order chi connectivity index (χ1) is 7.58. The van der Waals surface area contributed by atoms with E-state index in [9.17, 15) is 0 Å². The molecule has 98 valence electrons. The van der Waals surface area contributed by atoms with Gasteiger partial charge in [0.25, 0.3) is 0 Å². The number of rotatable bonds is 2. The van der Waals surface area contributed by atoms with Crippen LogP contribution in [-0.4, -0.2) is 6.19 Å². The molecule has 0 N–H and O–H groups in total. The van der Waals surface area contributed by atoms with Crippen LogP contribution in [0.5, 0.6) is 0 Å². The first kappa shape index (κ1) is 18.5. The van der Waals surface area contributed by atoms with Crippen LogP contribution in [0.25, 0.3) is 0 Å². The fourth-order valence-electron chi connectivity index (χ4n) is 2.52. The van der Waals surface area contributed by atoms with Crippen LogP contribution in [0, 0.1) is 0 Å². The Morgan fingerprint density at radius 3 is 1.50 bits per heavy atom. The molecule has 18 heavy (non-hydrogen) atoms. The van der Waals surface area contributed by atoms with Crippen LogP contribution in [0.4, 0.5) is 0 Å². The largest absolute Gasteiger partial charge is 1.00 e. The normalized spacial score (nSPS) is 16.4. The Kier molecular flexibility index (Phi) is 8.12. The summed E-state index contributed by atoms with van der Waals surface area (Å²) in [4.78, 5) is 0. The Balaban J connectivity index is 0.00000144. The van der Waals surface area contributed by atoms with Crippen molar-refractivity contribution in [2.24, 2.45) is 0 Å². The van der Waals surface area contributed by atoms with Crippen LogP contribution in [0.15, 0.2) is 43.2 Å². The van der Waals surface area contributed by atoms with Gasteiger partial charge in [-0.05, 0) is 0 Å². The van der Waals surface area contributed by atoms with E-state index in [1.165, 1.54) is 24.0 Å². The summed E-state index contributed by atoms with van der Waals surface area (Å²) in [7, 11) is 0. The van der Waals surface area contributed by atoms with Gasteiger partial charge >= 0.3 is 106 Å². The zero-order valence-corrected chi connectivity index (χ0v) is 15.6. The second-order valence-corrected chi connectivity index (χ2v) is 16.9. The van der Waals surface area contributed by atoms with E-state index in [4.69, 9.17) is 0 Å². The maximum Gasteiger partial charge on any atom is -1.00 e. The molecule has 0 aromatic heterocycles. The van der Waals surface area contributed by atoms with Crippen LogP contribution >= 0.6 is 0 Å². The summed E-state index contributed by atoms with van der Waals surface area (Å²) < 4.78 is 3.65. The van der Waals surface area contributed by atoms with Gasteiger partial charge in [0.1, 0.15) is 0 Å². The third-order valence-corrected chi connectivity index (χ3v) is 14.7. The van der Waals surface area contributed by atoms with Gasteiger partial charge in [-0.25, -0.2) is 0 Å². The quantitative estimate of drug-likeness (QED) is 0.530. The SMILES string of the molecule is CC1=CC[C]([Ti+2]([C]2=CC(C)=CC2)=[Si](C)C)=C1.[Cl-].[Cl-]. The molecule has 0 saturated carbocycles. The van der Waals surface area contributed by atoms with E-state index in [2.05, 4.69) is 51.2 Å². The first-order valence-corrected chi connectivity index (χ1v) is 12.4. The van der Waals surface area contributed by atoms with Crippen molar-refractivity contribution in [2.45, 2.75) is 39.8 Å². The minimum Gasteiger partial charge on any atom is -1.00 e. The van der Waals surface area contributed by atoms with E-state index in [1.807, 2.05) is 7.76 Å². The molecule has 0 unspecified atom stereocenters. The van der Waals surface area contributed by atoms with Gasteiger partial charge in [0.2, 0.25) is 0 Å². The summed E-state index contributed by atoms with van der Waals surface area (Å²) >= 11 is -1.07. The standard InChI is InChI=1S/2C6H7.C2H6Si.2ClH.Ti/c2*1-6-4-2-3-5-6;1-3-2;;;/h2*4-5H,2H2,1H3;1-2H3;2*1H;/q;;;;;+2/p-2. The average Bonchev–Trinajstić information content (AvgIpc) is 2.76. The van der Waals surface area contributed by atoms with Gasteiger partial charge in [0.05, 0.1) is 0 Å². The van der Waals surface area contributed by atoms with Crippen molar-refractivity contribution in [1.29, 1.82) is 0 Å². The van der Waals surface area contributed by atoms with E-state index < -0.39 is 16.6 Å². The summed E-state index contributed by atoms with van der Waals surface area (Å²) in [5, 5.41) is 0. The molecule has 0 amide bonds. The molecule has 0 radical (unpaired) electrons. The van der Waals surface area contributed by atoms with Gasteiger partial charge in [-0.15, -0.1) is 0 Å². The van der Waals surface area contributed by atoms with Gasteiger partial charge < -0.3 is 24.8 Å².